The van der Waals surface area contributed by atoms with Crippen LogP contribution in [-0.2, 0) is 4.57 Å². The van der Waals surface area contributed by atoms with Crippen molar-refractivity contribution in [1.29, 1.82) is 0 Å². The summed E-state index contributed by atoms with van der Waals surface area (Å²) in [5, 5.41) is 8.24. The summed E-state index contributed by atoms with van der Waals surface area (Å²) in [6.45, 7) is 7.36. The topological polar surface area (TPSA) is 111 Å². The summed E-state index contributed by atoms with van der Waals surface area (Å²) in [5.74, 6) is 2.34. The van der Waals surface area contributed by atoms with Crippen molar-refractivity contribution in [2.75, 3.05) is 69.2 Å². The van der Waals surface area contributed by atoms with Crippen molar-refractivity contribution in [2.24, 2.45) is 0 Å². The highest BCUT2D eigenvalue weighted by Crippen LogP contribution is 2.39. The Labute approximate surface area is 210 Å². The molecule has 4 heterocycles. The minimum Gasteiger partial charge on any atom is -0.479 e. The van der Waals surface area contributed by atoms with E-state index in [2.05, 4.69) is 37.4 Å². The van der Waals surface area contributed by atoms with Crippen LogP contribution in [0.15, 0.2) is 48.7 Å². The number of piperazine rings is 1. The van der Waals surface area contributed by atoms with Gasteiger partial charge in [0.15, 0.2) is 0 Å². The third kappa shape index (κ3) is 5.01. The number of hydrogen-bond acceptors (Lipinski definition) is 9. The second-order valence-corrected chi connectivity index (χ2v) is 12.5. The first-order valence-corrected chi connectivity index (χ1v) is 14.4. The van der Waals surface area contributed by atoms with Crippen molar-refractivity contribution >= 4 is 52.4 Å². The smallest absolute Gasteiger partial charge is 0.239 e. The molecule has 3 aromatic heterocycles. The molecule has 0 amide bonds. The highest BCUT2D eigenvalue weighted by Gasteiger charge is 2.20. The average molecular weight is 507 g/mol. The van der Waals surface area contributed by atoms with Crippen LogP contribution in [0.4, 0.5) is 29.0 Å². The molecule has 0 unspecified atom stereocenters. The van der Waals surface area contributed by atoms with Gasteiger partial charge in [0, 0.05) is 37.7 Å². The van der Waals surface area contributed by atoms with Crippen molar-refractivity contribution in [3.05, 3.63) is 48.7 Å². The van der Waals surface area contributed by atoms with Gasteiger partial charge in [-0.25, -0.2) is 0 Å². The van der Waals surface area contributed by atoms with Crippen LogP contribution in [0.3, 0.4) is 0 Å². The Hall–Kier alpha value is -3.62. The van der Waals surface area contributed by atoms with Crippen LogP contribution >= 0.6 is 7.14 Å². The van der Waals surface area contributed by atoms with E-state index in [1.165, 1.54) is 0 Å². The number of H-pyrrole nitrogens is 1. The lowest BCUT2D eigenvalue weighted by Crippen LogP contribution is -2.44. The number of benzene rings is 1. The fourth-order valence-corrected chi connectivity index (χ4v) is 5.44. The fraction of sp³-hybridized carbons (Fsp3) is 0.320. The summed E-state index contributed by atoms with van der Waals surface area (Å²) < 4.78 is 18.5. The van der Waals surface area contributed by atoms with Gasteiger partial charge in [0.25, 0.3) is 0 Å². The first-order valence-electron chi connectivity index (χ1n) is 11.8. The molecule has 10 nitrogen and oxygen atoms in total. The normalized spacial score (nSPS) is 14.7. The Morgan fingerprint density at radius 1 is 0.944 bits per heavy atom. The minimum absolute atomic E-state index is 0.383. The number of nitrogens with zero attached hydrogens (tertiary/aromatic N) is 5. The van der Waals surface area contributed by atoms with E-state index in [1.807, 2.05) is 48.7 Å². The monoisotopic (exact) mass is 506 g/mol. The van der Waals surface area contributed by atoms with Crippen LogP contribution in [-0.4, -0.2) is 78.5 Å². The molecule has 36 heavy (non-hydrogen) atoms. The highest BCUT2D eigenvalue weighted by atomic mass is 31.2. The number of likely N-dealkylation sites (N-methyl/N-ethyl adjacent to an activating group) is 1. The highest BCUT2D eigenvalue weighted by molar-refractivity contribution is 7.70. The molecule has 1 saturated heterocycles. The van der Waals surface area contributed by atoms with Crippen LogP contribution < -0.4 is 25.6 Å². The lowest BCUT2D eigenvalue weighted by atomic mass is 10.3. The number of fused-ring (bicyclic) bond motifs is 1. The second kappa shape index (κ2) is 9.79. The molecule has 188 valence electrons. The lowest BCUT2D eigenvalue weighted by molar-refractivity contribution is 0.311. The zero-order valence-corrected chi connectivity index (χ0v) is 21.8. The first kappa shape index (κ1) is 24.1. The number of aromatic amines is 1. The number of ether oxygens (including phenoxy) is 1. The summed E-state index contributed by atoms with van der Waals surface area (Å²) in [6.07, 6.45) is 1.82. The summed E-state index contributed by atoms with van der Waals surface area (Å²) >= 11 is 0. The number of aromatic nitrogens is 4. The number of anilines is 5. The molecule has 0 saturated carbocycles. The van der Waals surface area contributed by atoms with Gasteiger partial charge in [0.05, 0.1) is 18.2 Å². The van der Waals surface area contributed by atoms with Gasteiger partial charge >= 0.3 is 0 Å². The molecule has 0 spiro atoms. The van der Waals surface area contributed by atoms with E-state index < -0.39 is 7.14 Å². The molecule has 0 radical (unpaired) electrons. The summed E-state index contributed by atoms with van der Waals surface area (Å²) in [7, 11) is 1.24. The van der Waals surface area contributed by atoms with Gasteiger partial charge in [0.2, 0.25) is 11.8 Å². The van der Waals surface area contributed by atoms with Crippen LogP contribution in [0.2, 0.25) is 0 Å². The SMILES string of the molecule is COc1nc(N2CCN(C)CC2)ccc1Nc1nc(Nc2ccccc2P(C)(C)=O)c2cc[nH]c2n1. The Balaban J connectivity index is 1.45. The Kier molecular flexibility index (Phi) is 6.55. The van der Waals surface area contributed by atoms with Crippen molar-refractivity contribution in [3.63, 3.8) is 0 Å². The number of rotatable bonds is 7. The van der Waals surface area contributed by atoms with Crippen LogP contribution in [0, 0.1) is 0 Å². The summed E-state index contributed by atoms with van der Waals surface area (Å²) in [5.41, 5.74) is 2.10. The molecular formula is C25H31N8O2P. The first-order chi connectivity index (χ1) is 17.3. The van der Waals surface area contributed by atoms with Gasteiger partial charge < -0.3 is 34.7 Å². The largest absolute Gasteiger partial charge is 0.479 e. The molecule has 1 aromatic carbocycles. The standard InChI is InChI=1S/C25H31N8O2P/c1-32-13-15-33(16-14-32)21-10-9-19(24(29-21)35-2)28-25-30-22-17(11-12-26-22)23(31-25)27-18-7-5-6-8-20(18)36(3,4)34/h5-12H,13-16H2,1-4H3,(H3,26,27,28,30,31). The van der Waals surface area contributed by atoms with E-state index in [9.17, 15) is 4.57 Å². The molecule has 4 aromatic rings. The average Bonchev–Trinajstić information content (AvgIpc) is 3.34. The van der Waals surface area contributed by atoms with E-state index in [0.717, 1.165) is 48.4 Å². The van der Waals surface area contributed by atoms with Crippen LogP contribution in [0.5, 0.6) is 5.88 Å². The molecule has 0 bridgehead atoms. The van der Waals surface area contributed by atoms with Crippen molar-refractivity contribution in [2.45, 2.75) is 0 Å². The third-order valence-corrected chi connectivity index (χ3v) is 7.82. The predicted octanol–water partition coefficient (Wildman–Crippen LogP) is 3.85. The maximum Gasteiger partial charge on any atom is 0.239 e. The number of methoxy groups -OCH3 is 1. The Bertz CT molecular complexity index is 1420. The van der Waals surface area contributed by atoms with Crippen LogP contribution in [0.25, 0.3) is 11.0 Å². The number of nitrogens with one attached hydrogen (secondary N) is 3. The molecular weight excluding hydrogens is 475 g/mol. The van der Waals surface area contributed by atoms with Crippen molar-refractivity contribution in [1.82, 2.24) is 24.8 Å². The quantitative estimate of drug-likeness (QED) is 0.322. The van der Waals surface area contributed by atoms with Gasteiger partial charge in [-0.15, -0.1) is 0 Å². The van der Waals surface area contributed by atoms with E-state index >= 15 is 0 Å². The van der Waals surface area contributed by atoms with E-state index in [4.69, 9.17) is 14.7 Å². The Morgan fingerprint density at radius 2 is 1.72 bits per heavy atom. The second-order valence-electron chi connectivity index (χ2n) is 9.27. The van der Waals surface area contributed by atoms with E-state index in [-0.39, 0.29) is 0 Å². The predicted molar refractivity (Wildman–Crippen MR) is 146 cm³/mol. The van der Waals surface area contributed by atoms with Gasteiger partial charge in [0.1, 0.15) is 30.1 Å². The number of hydrogen-bond donors (Lipinski definition) is 3. The van der Waals surface area contributed by atoms with E-state index in [0.29, 0.717) is 29.0 Å². The fourth-order valence-electron chi connectivity index (χ4n) is 4.28. The molecule has 0 aliphatic carbocycles. The third-order valence-electron chi connectivity index (χ3n) is 6.27. The molecule has 11 heteroatoms. The zero-order chi connectivity index (χ0) is 25.3. The summed E-state index contributed by atoms with van der Waals surface area (Å²) in [4.78, 5) is 21.8. The molecule has 1 aliphatic heterocycles. The molecule has 1 fully saturated rings. The molecule has 1 aliphatic rings. The number of pyridine rings is 1. The number of para-hydroxylation sites is 1. The lowest BCUT2D eigenvalue weighted by Gasteiger charge is -2.33. The van der Waals surface area contributed by atoms with Gasteiger partial charge in [-0.05, 0) is 50.7 Å². The van der Waals surface area contributed by atoms with Crippen molar-refractivity contribution in [3.8, 4) is 5.88 Å². The summed E-state index contributed by atoms with van der Waals surface area (Å²) in [6, 6.07) is 13.4. The van der Waals surface area contributed by atoms with Crippen molar-refractivity contribution < 1.29 is 9.30 Å². The molecule has 0 atom stereocenters. The molecule has 5 rings (SSSR count). The maximum atomic E-state index is 12.9. The maximum absolute atomic E-state index is 12.9. The van der Waals surface area contributed by atoms with Crippen LogP contribution in [0.1, 0.15) is 0 Å². The minimum atomic E-state index is -2.50. The Morgan fingerprint density at radius 3 is 2.47 bits per heavy atom. The zero-order valence-electron chi connectivity index (χ0n) is 20.9. The van der Waals surface area contributed by atoms with Gasteiger partial charge in [-0.3, -0.25) is 0 Å². The van der Waals surface area contributed by atoms with Gasteiger partial charge in [-0.2, -0.15) is 15.0 Å². The molecule has 3 N–H and O–H groups in total. The van der Waals surface area contributed by atoms with E-state index in [1.54, 1.807) is 20.4 Å². The van der Waals surface area contributed by atoms with Gasteiger partial charge in [-0.1, -0.05) is 12.1 Å².